The van der Waals surface area contributed by atoms with E-state index in [2.05, 4.69) is 29.6 Å². The minimum Gasteiger partial charge on any atom is -0.481 e. The number of nitrogens with two attached hydrogens (primary N) is 1. The quantitative estimate of drug-likeness (QED) is 0.621. The number of carbonyl (C=O) groups excluding carboxylic acids is 1. The molecule has 0 unspecified atom stereocenters. The first kappa shape index (κ1) is 19.6. The molecule has 0 heterocycles. The van der Waals surface area contributed by atoms with Gasteiger partial charge in [-0.25, -0.2) is 0 Å². The number of para-hydroxylation sites is 1. The molecule has 144 valence electrons. The third-order valence-corrected chi connectivity index (χ3v) is 4.76. The van der Waals surface area contributed by atoms with Crippen LogP contribution in [0.2, 0.25) is 0 Å². The molecule has 4 heteroatoms. The molecule has 0 spiro atoms. The van der Waals surface area contributed by atoms with Gasteiger partial charge >= 0.3 is 0 Å². The molecule has 0 aliphatic carbocycles. The Morgan fingerprint density at radius 3 is 1.93 bits per heavy atom. The molecule has 4 nitrogen and oxygen atoms in total. The van der Waals surface area contributed by atoms with Gasteiger partial charge in [0.1, 0.15) is 11.9 Å². The van der Waals surface area contributed by atoms with Gasteiger partial charge in [0.05, 0.1) is 5.54 Å². The first-order valence-corrected chi connectivity index (χ1v) is 9.37. The van der Waals surface area contributed by atoms with Gasteiger partial charge in [-0.1, -0.05) is 78.9 Å². The lowest BCUT2D eigenvalue weighted by Crippen LogP contribution is -2.50. The number of carbonyl (C=O) groups is 1. The van der Waals surface area contributed by atoms with Crippen LogP contribution in [0.3, 0.4) is 0 Å². The first-order valence-electron chi connectivity index (χ1n) is 9.37. The van der Waals surface area contributed by atoms with E-state index in [9.17, 15) is 4.79 Å². The van der Waals surface area contributed by atoms with Gasteiger partial charge in [0.25, 0.3) is 0 Å². The third-order valence-electron chi connectivity index (χ3n) is 4.76. The Morgan fingerprint density at radius 1 is 0.893 bits per heavy atom. The highest BCUT2D eigenvalue weighted by Crippen LogP contribution is 2.30. The zero-order valence-corrected chi connectivity index (χ0v) is 16.3. The summed E-state index contributed by atoms with van der Waals surface area (Å²) in [6.45, 7) is 4.02. The number of hydrogen-bond acceptors (Lipinski definition) is 3. The molecule has 0 fully saturated rings. The molecule has 3 aromatic rings. The Labute approximate surface area is 166 Å². The Morgan fingerprint density at radius 2 is 1.39 bits per heavy atom. The Hall–Kier alpha value is -3.11. The van der Waals surface area contributed by atoms with Crippen molar-refractivity contribution in [2.45, 2.75) is 32.0 Å². The second kappa shape index (κ2) is 8.72. The molecule has 0 saturated heterocycles. The lowest BCUT2D eigenvalue weighted by Gasteiger charge is -2.25. The number of primary amides is 1. The van der Waals surface area contributed by atoms with Crippen LogP contribution < -0.4 is 15.8 Å². The number of benzene rings is 3. The molecule has 0 aliphatic heterocycles. The average Bonchev–Trinajstić information content (AvgIpc) is 2.72. The van der Waals surface area contributed by atoms with Gasteiger partial charge in [-0.2, -0.15) is 0 Å². The minimum absolute atomic E-state index is 0.229. The highest BCUT2D eigenvalue weighted by Gasteiger charge is 2.24. The lowest BCUT2D eigenvalue weighted by molar-refractivity contribution is -0.123. The average molecular weight is 374 g/mol. The topological polar surface area (TPSA) is 64.3 Å². The fourth-order valence-corrected chi connectivity index (χ4v) is 2.88. The zero-order chi connectivity index (χ0) is 20.0. The van der Waals surface area contributed by atoms with Crippen LogP contribution in [0.4, 0.5) is 0 Å². The van der Waals surface area contributed by atoms with Crippen molar-refractivity contribution in [3.8, 4) is 5.75 Å². The molecular formula is C24H26N2O2. The van der Waals surface area contributed by atoms with Gasteiger partial charge in [-0.3, -0.25) is 10.1 Å². The lowest BCUT2D eigenvalue weighted by atomic mass is 10.0. The predicted molar refractivity (Wildman–Crippen MR) is 112 cm³/mol. The van der Waals surface area contributed by atoms with Gasteiger partial charge in [-0.05, 0) is 31.0 Å². The van der Waals surface area contributed by atoms with Crippen molar-refractivity contribution in [3.05, 3.63) is 102 Å². The van der Waals surface area contributed by atoms with Crippen LogP contribution in [0.5, 0.6) is 5.75 Å². The van der Waals surface area contributed by atoms with E-state index in [1.54, 1.807) is 13.8 Å². The predicted octanol–water partition coefficient (Wildman–Crippen LogP) is 4.21. The van der Waals surface area contributed by atoms with E-state index in [4.69, 9.17) is 10.5 Å². The molecule has 0 bridgehead atoms. The van der Waals surface area contributed by atoms with Crippen molar-refractivity contribution < 1.29 is 9.53 Å². The number of nitrogens with one attached hydrogen (secondary N) is 1. The molecular weight excluding hydrogens is 348 g/mol. The smallest absolute Gasteiger partial charge is 0.237 e. The van der Waals surface area contributed by atoms with Gasteiger partial charge in [0, 0.05) is 12.1 Å². The Balaban J connectivity index is 1.89. The third kappa shape index (κ3) is 4.78. The minimum atomic E-state index is -0.800. The second-order valence-corrected chi connectivity index (χ2v) is 7.27. The summed E-state index contributed by atoms with van der Waals surface area (Å²) in [5, 5.41) is 3.21. The monoisotopic (exact) mass is 374 g/mol. The maximum atomic E-state index is 11.6. The highest BCUT2D eigenvalue weighted by molar-refractivity contribution is 5.83. The van der Waals surface area contributed by atoms with Crippen molar-refractivity contribution >= 4 is 5.91 Å². The summed E-state index contributed by atoms with van der Waals surface area (Å²) in [6.07, 6.45) is -0.229. The fraction of sp³-hybridized carbons (Fsp3) is 0.208. The van der Waals surface area contributed by atoms with E-state index in [1.807, 2.05) is 60.7 Å². The van der Waals surface area contributed by atoms with E-state index >= 15 is 0 Å². The summed E-state index contributed by atoms with van der Waals surface area (Å²) in [5.41, 5.74) is 7.79. The Bertz CT molecular complexity index is 869. The van der Waals surface area contributed by atoms with Gasteiger partial charge in [0.2, 0.25) is 5.91 Å². The van der Waals surface area contributed by atoms with Gasteiger partial charge < -0.3 is 10.5 Å². The van der Waals surface area contributed by atoms with Crippen molar-refractivity contribution in [1.29, 1.82) is 0 Å². The molecule has 0 atom stereocenters. The largest absolute Gasteiger partial charge is 0.481 e. The molecule has 28 heavy (non-hydrogen) atoms. The van der Waals surface area contributed by atoms with Crippen molar-refractivity contribution in [1.82, 2.24) is 5.32 Å². The van der Waals surface area contributed by atoms with Crippen LogP contribution in [-0.2, 0) is 11.3 Å². The number of rotatable bonds is 8. The standard InChI is InChI=1S/C24H26N2O2/c1-24(2,23(25)27)26-17-20-15-9-10-16-21(20)28-22(18-11-5-3-6-12-18)19-13-7-4-8-14-19/h3-16,22,26H,17H2,1-2H3,(H2,25,27). The summed E-state index contributed by atoms with van der Waals surface area (Å²) < 4.78 is 6.49. The first-order chi connectivity index (χ1) is 13.5. The summed E-state index contributed by atoms with van der Waals surface area (Å²) in [6, 6.07) is 28.1. The van der Waals surface area contributed by atoms with Crippen LogP contribution in [0.1, 0.15) is 36.6 Å². The summed E-state index contributed by atoms with van der Waals surface area (Å²) in [7, 11) is 0. The molecule has 3 rings (SSSR count). The van der Waals surface area contributed by atoms with E-state index in [-0.39, 0.29) is 6.10 Å². The Kier molecular flexibility index (Phi) is 6.12. The number of amides is 1. The van der Waals surface area contributed by atoms with E-state index in [0.29, 0.717) is 6.54 Å². The van der Waals surface area contributed by atoms with Crippen molar-refractivity contribution in [2.24, 2.45) is 5.73 Å². The molecule has 3 aromatic carbocycles. The van der Waals surface area contributed by atoms with Crippen LogP contribution in [0, 0.1) is 0 Å². The second-order valence-electron chi connectivity index (χ2n) is 7.27. The molecule has 0 radical (unpaired) electrons. The van der Waals surface area contributed by atoms with Crippen LogP contribution in [-0.4, -0.2) is 11.4 Å². The van der Waals surface area contributed by atoms with Gasteiger partial charge in [0.15, 0.2) is 0 Å². The molecule has 0 aliphatic rings. The molecule has 3 N–H and O–H groups in total. The maximum absolute atomic E-state index is 11.6. The molecule has 0 aromatic heterocycles. The zero-order valence-electron chi connectivity index (χ0n) is 16.3. The normalized spacial score (nSPS) is 11.4. The maximum Gasteiger partial charge on any atom is 0.237 e. The fourth-order valence-electron chi connectivity index (χ4n) is 2.88. The molecule has 0 saturated carbocycles. The van der Waals surface area contributed by atoms with Crippen LogP contribution >= 0.6 is 0 Å². The number of ether oxygens (including phenoxy) is 1. The van der Waals surface area contributed by atoms with Crippen LogP contribution in [0.15, 0.2) is 84.9 Å². The SMILES string of the molecule is CC(C)(NCc1ccccc1OC(c1ccccc1)c1ccccc1)C(N)=O. The van der Waals surface area contributed by atoms with Gasteiger partial charge in [-0.15, -0.1) is 0 Å². The van der Waals surface area contributed by atoms with Crippen LogP contribution in [0.25, 0.3) is 0 Å². The van der Waals surface area contributed by atoms with Crippen molar-refractivity contribution in [3.63, 3.8) is 0 Å². The highest BCUT2D eigenvalue weighted by atomic mass is 16.5. The summed E-state index contributed by atoms with van der Waals surface area (Å²) in [4.78, 5) is 11.6. The molecule has 1 amide bonds. The summed E-state index contributed by atoms with van der Waals surface area (Å²) in [5.74, 6) is 0.380. The van der Waals surface area contributed by atoms with E-state index in [1.165, 1.54) is 0 Å². The number of hydrogen-bond donors (Lipinski definition) is 2. The van der Waals surface area contributed by atoms with E-state index < -0.39 is 11.4 Å². The van der Waals surface area contributed by atoms with Crippen molar-refractivity contribution in [2.75, 3.05) is 0 Å². The summed E-state index contributed by atoms with van der Waals surface area (Å²) >= 11 is 0. The van der Waals surface area contributed by atoms with E-state index in [0.717, 1.165) is 22.4 Å².